The molecule has 0 spiro atoms. The molecular weight excluding hydrogens is 408 g/mol. The fourth-order valence-corrected chi connectivity index (χ4v) is 4.64. The molecule has 3 heterocycles. The van der Waals surface area contributed by atoms with Crippen LogP contribution in [0.5, 0.6) is 5.75 Å². The van der Waals surface area contributed by atoms with Crippen LogP contribution in [0.2, 0.25) is 0 Å². The standard InChI is InChI=1S/C24H30N4O4/c1-3-8-21(29)27-14-12-16-18(15-27)25-22(26-23(16)30)19-10-6-7-13-28(19)24(31)17-9-4-5-11-20(17)32-2/h4-5,9,11,19H,3,6-8,10,12-15H2,1-2H3,(H,25,26,30)/t19-/m0/s1. The fourth-order valence-electron chi connectivity index (χ4n) is 4.64. The van der Waals surface area contributed by atoms with Crippen LogP contribution in [0.4, 0.5) is 0 Å². The number of rotatable bonds is 5. The number of benzene rings is 1. The second-order valence-corrected chi connectivity index (χ2v) is 8.40. The van der Waals surface area contributed by atoms with Crippen molar-refractivity contribution in [2.45, 2.75) is 58.0 Å². The van der Waals surface area contributed by atoms with E-state index in [1.54, 1.807) is 29.0 Å². The maximum absolute atomic E-state index is 13.4. The van der Waals surface area contributed by atoms with Gasteiger partial charge in [-0.05, 0) is 44.2 Å². The molecular formula is C24H30N4O4. The van der Waals surface area contributed by atoms with Crippen molar-refractivity contribution in [1.82, 2.24) is 19.8 Å². The molecule has 8 heteroatoms. The average molecular weight is 439 g/mol. The van der Waals surface area contributed by atoms with Gasteiger partial charge in [0.15, 0.2) is 0 Å². The van der Waals surface area contributed by atoms with Crippen LogP contribution < -0.4 is 10.3 Å². The van der Waals surface area contributed by atoms with Crippen LogP contribution in [-0.2, 0) is 17.8 Å². The third-order valence-corrected chi connectivity index (χ3v) is 6.33. The van der Waals surface area contributed by atoms with Crippen LogP contribution in [0.25, 0.3) is 0 Å². The number of ether oxygens (including phenoxy) is 1. The molecule has 0 radical (unpaired) electrons. The van der Waals surface area contributed by atoms with E-state index < -0.39 is 0 Å². The molecule has 1 aromatic carbocycles. The molecule has 4 rings (SSSR count). The molecule has 1 N–H and O–H groups in total. The van der Waals surface area contributed by atoms with E-state index in [4.69, 9.17) is 9.72 Å². The van der Waals surface area contributed by atoms with Crippen molar-refractivity contribution < 1.29 is 14.3 Å². The molecule has 1 aromatic heterocycles. The van der Waals surface area contributed by atoms with Crippen LogP contribution in [0.1, 0.15) is 72.5 Å². The molecule has 1 atom stereocenters. The Morgan fingerprint density at radius 1 is 1.22 bits per heavy atom. The quantitative estimate of drug-likeness (QED) is 0.775. The number of piperidine rings is 1. The van der Waals surface area contributed by atoms with Crippen molar-refractivity contribution >= 4 is 11.8 Å². The Kier molecular flexibility index (Phi) is 6.58. The summed E-state index contributed by atoms with van der Waals surface area (Å²) in [4.78, 5) is 50.0. The zero-order valence-electron chi connectivity index (χ0n) is 18.7. The van der Waals surface area contributed by atoms with E-state index in [-0.39, 0.29) is 23.4 Å². The number of carbonyl (C=O) groups excluding carboxylic acids is 2. The number of amides is 2. The smallest absolute Gasteiger partial charge is 0.258 e. The summed E-state index contributed by atoms with van der Waals surface area (Å²) in [5.41, 5.74) is 1.63. The number of methoxy groups -OCH3 is 1. The maximum atomic E-state index is 13.4. The van der Waals surface area contributed by atoms with Gasteiger partial charge < -0.3 is 19.5 Å². The van der Waals surface area contributed by atoms with Gasteiger partial charge in [-0.1, -0.05) is 19.1 Å². The number of H-pyrrole nitrogens is 1. The highest BCUT2D eigenvalue weighted by Gasteiger charge is 2.33. The van der Waals surface area contributed by atoms with Crippen LogP contribution in [0, 0.1) is 0 Å². The second kappa shape index (κ2) is 9.54. The topological polar surface area (TPSA) is 95.6 Å². The number of fused-ring (bicyclic) bond motifs is 1. The second-order valence-electron chi connectivity index (χ2n) is 8.40. The van der Waals surface area contributed by atoms with Crippen LogP contribution in [0.3, 0.4) is 0 Å². The van der Waals surface area contributed by atoms with Gasteiger partial charge >= 0.3 is 0 Å². The Balaban J connectivity index is 1.65. The van der Waals surface area contributed by atoms with Crippen molar-refractivity contribution in [2.75, 3.05) is 20.2 Å². The Bertz CT molecular complexity index is 1060. The van der Waals surface area contributed by atoms with Crippen molar-refractivity contribution in [1.29, 1.82) is 0 Å². The first-order valence-corrected chi connectivity index (χ1v) is 11.4. The van der Waals surface area contributed by atoms with Gasteiger partial charge in [0, 0.05) is 25.1 Å². The Morgan fingerprint density at radius 3 is 2.81 bits per heavy atom. The predicted octanol–water partition coefficient (Wildman–Crippen LogP) is 2.83. The van der Waals surface area contributed by atoms with E-state index in [9.17, 15) is 14.4 Å². The number of hydrogen-bond acceptors (Lipinski definition) is 5. The first-order chi connectivity index (χ1) is 15.5. The van der Waals surface area contributed by atoms with Gasteiger partial charge in [-0.25, -0.2) is 4.98 Å². The normalized spacial score (nSPS) is 18.2. The molecule has 170 valence electrons. The third-order valence-electron chi connectivity index (χ3n) is 6.33. The predicted molar refractivity (Wildman–Crippen MR) is 120 cm³/mol. The van der Waals surface area contributed by atoms with Crippen molar-refractivity contribution in [3.05, 3.63) is 57.3 Å². The molecule has 0 aliphatic carbocycles. The summed E-state index contributed by atoms with van der Waals surface area (Å²) in [5, 5.41) is 0. The summed E-state index contributed by atoms with van der Waals surface area (Å²) in [7, 11) is 1.55. The molecule has 1 fully saturated rings. The van der Waals surface area contributed by atoms with Gasteiger partial charge in [-0.2, -0.15) is 0 Å². The van der Waals surface area contributed by atoms with Gasteiger partial charge in [-0.3, -0.25) is 14.4 Å². The first kappa shape index (κ1) is 22.0. The number of hydrogen-bond donors (Lipinski definition) is 1. The van der Waals surface area contributed by atoms with E-state index >= 15 is 0 Å². The number of nitrogens with zero attached hydrogens (tertiary/aromatic N) is 3. The number of nitrogens with one attached hydrogen (secondary N) is 1. The maximum Gasteiger partial charge on any atom is 0.258 e. The molecule has 32 heavy (non-hydrogen) atoms. The van der Waals surface area contributed by atoms with Crippen molar-refractivity contribution in [2.24, 2.45) is 0 Å². The summed E-state index contributed by atoms with van der Waals surface area (Å²) in [6.07, 6.45) is 4.35. The SMILES string of the molecule is CCCC(=O)N1CCc2c(nc([C@@H]3CCCCN3C(=O)c3ccccc3OC)[nH]c2=O)C1. The fraction of sp³-hybridized carbons (Fsp3) is 0.500. The molecule has 8 nitrogen and oxygen atoms in total. The van der Waals surface area contributed by atoms with Crippen LogP contribution in [-0.4, -0.2) is 51.8 Å². The summed E-state index contributed by atoms with van der Waals surface area (Å²) in [6, 6.07) is 6.86. The van der Waals surface area contributed by atoms with Crippen LogP contribution >= 0.6 is 0 Å². The zero-order valence-corrected chi connectivity index (χ0v) is 18.7. The molecule has 2 amide bonds. The average Bonchev–Trinajstić information content (AvgIpc) is 2.83. The molecule has 0 unspecified atom stereocenters. The lowest BCUT2D eigenvalue weighted by atomic mass is 9.98. The number of para-hydroxylation sites is 1. The minimum Gasteiger partial charge on any atom is -0.496 e. The van der Waals surface area contributed by atoms with Gasteiger partial charge in [0.05, 0.1) is 31.0 Å². The highest BCUT2D eigenvalue weighted by Crippen LogP contribution is 2.32. The van der Waals surface area contributed by atoms with Gasteiger partial charge in [0.1, 0.15) is 11.6 Å². The number of aromatic nitrogens is 2. The van der Waals surface area contributed by atoms with Gasteiger partial charge in [0.25, 0.3) is 11.5 Å². The number of likely N-dealkylation sites (tertiary alicyclic amines) is 1. The highest BCUT2D eigenvalue weighted by atomic mass is 16.5. The van der Waals surface area contributed by atoms with Gasteiger partial charge in [-0.15, -0.1) is 0 Å². The lowest BCUT2D eigenvalue weighted by Crippen LogP contribution is -2.42. The van der Waals surface area contributed by atoms with E-state index in [0.717, 1.165) is 25.7 Å². The summed E-state index contributed by atoms with van der Waals surface area (Å²) >= 11 is 0. The largest absolute Gasteiger partial charge is 0.496 e. The Labute approximate surface area is 187 Å². The lowest BCUT2D eigenvalue weighted by Gasteiger charge is -2.36. The highest BCUT2D eigenvalue weighted by molar-refractivity contribution is 5.97. The molecule has 1 saturated heterocycles. The van der Waals surface area contributed by atoms with Gasteiger partial charge in [0.2, 0.25) is 5.91 Å². The lowest BCUT2D eigenvalue weighted by molar-refractivity contribution is -0.132. The minimum absolute atomic E-state index is 0.0902. The molecule has 2 aliphatic heterocycles. The third kappa shape index (κ3) is 4.26. The van der Waals surface area contributed by atoms with Crippen molar-refractivity contribution in [3.63, 3.8) is 0 Å². The molecule has 2 aromatic rings. The number of aromatic amines is 1. The Morgan fingerprint density at radius 2 is 2.03 bits per heavy atom. The Hall–Kier alpha value is -3.16. The molecule has 2 aliphatic rings. The molecule has 0 saturated carbocycles. The first-order valence-electron chi connectivity index (χ1n) is 11.4. The minimum atomic E-state index is -0.319. The summed E-state index contributed by atoms with van der Waals surface area (Å²) in [5.74, 6) is 0.986. The van der Waals surface area contributed by atoms with E-state index in [1.807, 2.05) is 19.1 Å². The monoisotopic (exact) mass is 438 g/mol. The van der Waals surface area contributed by atoms with Crippen LogP contribution in [0.15, 0.2) is 29.1 Å². The summed E-state index contributed by atoms with van der Waals surface area (Å²) < 4.78 is 5.39. The zero-order chi connectivity index (χ0) is 22.7. The van der Waals surface area contributed by atoms with E-state index in [2.05, 4.69) is 4.98 Å². The van der Waals surface area contributed by atoms with Crippen molar-refractivity contribution in [3.8, 4) is 5.75 Å². The molecule has 0 bridgehead atoms. The van der Waals surface area contributed by atoms with E-state index in [1.165, 1.54) is 0 Å². The number of carbonyl (C=O) groups is 2. The summed E-state index contributed by atoms with van der Waals surface area (Å²) in [6.45, 7) is 3.45. The van der Waals surface area contributed by atoms with E-state index in [0.29, 0.717) is 60.9 Å².